The van der Waals surface area contributed by atoms with E-state index in [-0.39, 0.29) is 0 Å². The van der Waals surface area contributed by atoms with Crippen LogP contribution in [0.25, 0.3) is 0 Å². The van der Waals surface area contributed by atoms with Gasteiger partial charge >= 0.3 is 5.97 Å². The summed E-state index contributed by atoms with van der Waals surface area (Å²) < 4.78 is 6.63. The SMILES string of the molecule is COC(=O)[C@H]1C(=O)NC(SCc2ccc(Br)cc2)=C(C#N)[C@H]1c1cccc(Br)c1. The number of methoxy groups -OCH3 is 1. The van der Waals surface area contributed by atoms with Crippen molar-refractivity contribution < 1.29 is 14.3 Å². The number of esters is 1. The lowest BCUT2D eigenvalue weighted by Crippen LogP contribution is -2.44. The molecule has 0 unspecified atom stereocenters. The number of nitrogens with zero attached hydrogens (tertiary/aromatic N) is 1. The van der Waals surface area contributed by atoms with Crippen LogP contribution in [0.1, 0.15) is 17.0 Å². The van der Waals surface area contributed by atoms with Gasteiger partial charge in [0.15, 0.2) is 0 Å². The minimum atomic E-state index is -1.12. The maximum Gasteiger partial charge on any atom is 0.319 e. The van der Waals surface area contributed by atoms with Gasteiger partial charge in [0.25, 0.3) is 0 Å². The Morgan fingerprint density at radius 2 is 1.93 bits per heavy atom. The van der Waals surface area contributed by atoms with Gasteiger partial charge in [0.2, 0.25) is 5.91 Å². The Labute approximate surface area is 189 Å². The Morgan fingerprint density at radius 1 is 1.21 bits per heavy atom. The highest BCUT2D eigenvalue weighted by atomic mass is 79.9. The molecule has 0 bridgehead atoms. The lowest BCUT2D eigenvalue weighted by atomic mass is 9.78. The molecule has 29 heavy (non-hydrogen) atoms. The summed E-state index contributed by atoms with van der Waals surface area (Å²) in [7, 11) is 1.24. The van der Waals surface area contributed by atoms with Gasteiger partial charge in [-0.25, -0.2) is 0 Å². The number of benzene rings is 2. The fraction of sp³-hybridized carbons (Fsp3) is 0.190. The molecule has 0 spiro atoms. The second-order valence-electron chi connectivity index (χ2n) is 6.29. The van der Waals surface area contributed by atoms with Crippen LogP contribution in [0, 0.1) is 17.2 Å². The largest absolute Gasteiger partial charge is 0.468 e. The first kappa shape index (κ1) is 21.6. The molecule has 148 valence electrons. The number of hydrogen-bond donors (Lipinski definition) is 1. The van der Waals surface area contributed by atoms with Crippen molar-refractivity contribution in [1.82, 2.24) is 5.32 Å². The van der Waals surface area contributed by atoms with Crippen LogP contribution < -0.4 is 5.32 Å². The highest BCUT2D eigenvalue weighted by molar-refractivity contribution is 9.10. The van der Waals surface area contributed by atoms with Gasteiger partial charge in [-0.15, -0.1) is 11.8 Å². The molecule has 0 radical (unpaired) electrons. The quantitative estimate of drug-likeness (QED) is 0.436. The van der Waals surface area contributed by atoms with Gasteiger partial charge in [0, 0.05) is 20.6 Å². The number of rotatable bonds is 5. The van der Waals surface area contributed by atoms with E-state index >= 15 is 0 Å². The molecule has 1 aliphatic heterocycles. The maximum absolute atomic E-state index is 12.8. The molecule has 2 aromatic rings. The van der Waals surface area contributed by atoms with Gasteiger partial charge in [0.05, 0.1) is 23.8 Å². The molecule has 0 saturated carbocycles. The van der Waals surface area contributed by atoms with Crippen LogP contribution in [0.3, 0.4) is 0 Å². The average molecular weight is 536 g/mol. The van der Waals surface area contributed by atoms with Crippen LogP contribution in [0.5, 0.6) is 0 Å². The molecule has 0 fully saturated rings. The summed E-state index contributed by atoms with van der Waals surface area (Å²) in [6.45, 7) is 0. The van der Waals surface area contributed by atoms with Crippen molar-refractivity contribution in [3.63, 3.8) is 0 Å². The molecule has 1 aliphatic rings. The second kappa shape index (κ2) is 9.61. The number of halogens is 2. The molecule has 5 nitrogen and oxygen atoms in total. The zero-order chi connectivity index (χ0) is 21.0. The molecular weight excluding hydrogens is 520 g/mol. The third-order valence-corrected chi connectivity index (χ3v) is 6.60. The Bertz CT molecular complexity index is 1020. The molecule has 3 rings (SSSR count). The smallest absolute Gasteiger partial charge is 0.319 e. The third-order valence-electron chi connectivity index (χ3n) is 4.49. The normalized spacial score (nSPS) is 18.8. The lowest BCUT2D eigenvalue weighted by molar-refractivity contribution is -0.150. The Morgan fingerprint density at radius 3 is 2.55 bits per heavy atom. The molecule has 8 heteroatoms. The topological polar surface area (TPSA) is 79.2 Å². The third kappa shape index (κ3) is 4.92. The lowest BCUT2D eigenvalue weighted by Gasteiger charge is -2.31. The number of nitriles is 1. The van der Waals surface area contributed by atoms with Crippen LogP contribution in [-0.4, -0.2) is 19.0 Å². The Kier molecular flexibility index (Phi) is 7.17. The van der Waals surface area contributed by atoms with Gasteiger partial charge in [-0.1, -0.05) is 56.1 Å². The van der Waals surface area contributed by atoms with E-state index in [0.717, 1.165) is 14.5 Å². The van der Waals surface area contributed by atoms with Crippen molar-refractivity contribution in [2.45, 2.75) is 11.7 Å². The molecule has 1 heterocycles. The van der Waals surface area contributed by atoms with E-state index in [2.05, 4.69) is 43.2 Å². The summed E-state index contributed by atoms with van der Waals surface area (Å²) in [6, 6.07) is 17.3. The monoisotopic (exact) mass is 534 g/mol. The van der Waals surface area contributed by atoms with E-state index in [4.69, 9.17) is 4.74 Å². The fourth-order valence-electron chi connectivity index (χ4n) is 3.12. The van der Waals surface area contributed by atoms with Gasteiger partial charge in [0.1, 0.15) is 5.92 Å². The summed E-state index contributed by atoms with van der Waals surface area (Å²) in [6.07, 6.45) is 0. The van der Waals surface area contributed by atoms with Gasteiger partial charge in [-0.3, -0.25) is 9.59 Å². The van der Waals surface area contributed by atoms with Crippen LogP contribution in [0.4, 0.5) is 0 Å². The van der Waals surface area contributed by atoms with Crippen molar-refractivity contribution in [1.29, 1.82) is 5.26 Å². The number of ether oxygens (including phenoxy) is 1. The van der Waals surface area contributed by atoms with Crippen LogP contribution >= 0.6 is 43.6 Å². The van der Waals surface area contributed by atoms with E-state index in [0.29, 0.717) is 21.9 Å². The zero-order valence-electron chi connectivity index (χ0n) is 15.3. The Balaban J connectivity index is 2.01. The van der Waals surface area contributed by atoms with Crippen molar-refractivity contribution in [3.8, 4) is 6.07 Å². The fourth-order valence-corrected chi connectivity index (χ4v) is 4.80. The minimum absolute atomic E-state index is 0.347. The first-order valence-electron chi connectivity index (χ1n) is 8.60. The Hall–Kier alpha value is -2.08. The van der Waals surface area contributed by atoms with Crippen molar-refractivity contribution in [2.24, 2.45) is 5.92 Å². The van der Waals surface area contributed by atoms with Gasteiger partial charge in [-0.05, 0) is 35.4 Å². The molecule has 2 aromatic carbocycles. The number of hydrogen-bond acceptors (Lipinski definition) is 5. The van der Waals surface area contributed by atoms with E-state index < -0.39 is 23.7 Å². The standard InChI is InChI=1S/C21H16Br2N2O3S/c1-28-21(27)18-17(13-3-2-4-15(23)9-13)16(10-24)20(25-19(18)26)29-11-12-5-7-14(22)8-6-12/h2-9,17-18H,11H2,1H3,(H,25,26)/t17-,18-/m1/s1. The van der Waals surface area contributed by atoms with Crippen LogP contribution in [0.2, 0.25) is 0 Å². The van der Waals surface area contributed by atoms with Crippen molar-refractivity contribution in [2.75, 3.05) is 7.11 Å². The second-order valence-corrected chi connectivity index (χ2v) is 9.11. The molecule has 0 aromatic heterocycles. The van der Waals surface area contributed by atoms with E-state index in [1.807, 2.05) is 42.5 Å². The van der Waals surface area contributed by atoms with Crippen molar-refractivity contribution in [3.05, 3.63) is 79.2 Å². The van der Waals surface area contributed by atoms with Gasteiger partial charge in [-0.2, -0.15) is 5.26 Å². The molecule has 1 N–H and O–H groups in total. The number of thioether (sulfide) groups is 1. The summed E-state index contributed by atoms with van der Waals surface area (Å²) in [5, 5.41) is 13.1. The highest BCUT2D eigenvalue weighted by Crippen LogP contribution is 2.41. The van der Waals surface area contributed by atoms with Crippen LogP contribution in [-0.2, 0) is 20.1 Å². The predicted molar refractivity (Wildman–Crippen MR) is 119 cm³/mol. The van der Waals surface area contributed by atoms with E-state index in [1.54, 1.807) is 6.07 Å². The minimum Gasteiger partial charge on any atom is -0.468 e. The molecule has 2 atom stereocenters. The summed E-state index contributed by atoms with van der Waals surface area (Å²) >= 11 is 8.18. The zero-order valence-corrected chi connectivity index (χ0v) is 19.3. The number of carbonyl (C=O) groups is 2. The number of nitrogens with one attached hydrogen (secondary N) is 1. The van der Waals surface area contributed by atoms with Crippen molar-refractivity contribution >= 4 is 55.5 Å². The van der Waals surface area contributed by atoms with Gasteiger partial charge < -0.3 is 10.1 Å². The molecule has 0 saturated heterocycles. The average Bonchev–Trinajstić information content (AvgIpc) is 2.72. The number of allylic oxidation sites excluding steroid dienone is 1. The van der Waals surface area contributed by atoms with E-state index in [1.165, 1.54) is 18.9 Å². The molecule has 0 aliphatic carbocycles. The molecule has 1 amide bonds. The van der Waals surface area contributed by atoms with Crippen LogP contribution in [0.15, 0.2) is 68.1 Å². The first-order chi connectivity index (χ1) is 13.9. The summed E-state index contributed by atoms with van der Waals surface area (Å²) in [5.41, 5.74) is 2.09. The number of amides is 1. The maximum atomic E-state index is 12.8. The predicted octanol–water partition coefficient (Wildman–Crippen LogP) is 4.88. The number of carbonyl (C=O) groups excluding carboxylic acids is 2. The summed E-state index contributed by atoms with van der Waals surface area (Å²) in [5.74, 6) is -2.41. The highest BCUT2D eigenvalue weighted by Gasteiger charge is 2.44. The first-order valence-corrected chi connectivity index (χ1v) is 11.2. The molecular formula is C21H16Br2N2O3S. The summed E-state index contributed by atoms with van der Waals surface area (Å²) in [4.78, 5) is 25.2. The van der Waals surface area contributed by atoms with E-state index in [9.17, 15) is 14.9 Å².